The van der Waals surface area contributed by atoms with Crippen molar-refractivity contribution in [2.45, 2.75) is 58.1 Å². The van der Waals surface area contributed by atoms with E-state index >= 15 is 0 Å². The fourth-order valence-corrected chi connectivity index (χ4v) is 7.26. The normalized spacial score (nSPS) is 16.8. The number of anilines is 1. The molecular formula is C43H61ClF3N9O11. The van der Waals surface area contributed by atoms with Gasteiger partial charge in [-0.25, -0.2) is 22.5 Å². The van der Waals surface area contributed by atoms with E-state index in [2.05, 4.69) is 46.8 Å². The molecule has 6 rings (SSSR count). The van der Waals surface area contributed by atoms with E-state index in [1.54, 1.807) is 10.9 Å². The van der Waals surface area contributed by atoms with Gasteiger partial charge in [-0.3, -0.25) is 9.69 Å². The van der Waals surface area contributed by atoms with Crippen molar-refractivity contribution in [1.29, 1.82) is 0 Å². The molecule has 0 bridgehead atoms. The highest BCUT2D eigenvalue weighted by Crippen LogP contribution is 2.34. The first kappa shape index (κ1) is 52.2. The van der Waals surface area contributed by atoms with Crippen LogP contribution in [0.15, 0.2) is 24.5 Å². The topological polar surface area (TPSA) is 190 Å². The lowest BCUT2D eigenvalue weighted by Gasteiger charge is -2.35. The van der Waals surface area contributed by atoms with E-state index in [1.807, 2.05) is 10.9 Å². The number of carbonyl (C=O) groups is 1. The second-order valence-electron chi connectivity index (χ2n) is 15.4. The zero-order valence-corrected chi connectivity index (χ0v) is 38.6. The third kappa shape index (κ3) is 17.7. The number of piperazine rings is 1. The zero-order valence-electron chi connectivity index (χ0n) is 37.9. The Morgan fingerprint density at radius 1 is 0.746 bits per heavy atom. The fraction of sp³-hybridized carbons (Fsp3) is 0.674. The van der Waals surface area contributed by atoms with E-state index in [4.69, 9.17) is 54.2 Å². The maximum Gasteiger partial charge on any atom is 0.313 e. The lowest BCUT2D eigenvalue weighted by Crippen LogP contribution is -2.47. The summed E-state index contributed by atoms with van der Waals surface area (Å²) in [6.07, 6.45) is 6.40. The van der Waals surface area contributed by atoms with Crippen molar-refractivity contribution in [3.8, 4) is 5.75 Å². The first-order valence-corrected chi connectivity index (χ1v) is 23.0. The summed E-state index contributed by atoms with van der Waals surface area (Å²) in [5.41, 5.74) is 1.42. The number of ether oxygens (including phenoxy) is 10. The van der Waals surface area contributed by atoms with E-state index in [9.17, 15) is 18.0 Å². The Hall–Kier alpha value is -4.14. The first-order valence-electron chi connectivity index (χ1n) is 22.7. The number of hydrogen-bond acceptors (Lipinski definition) is 18. The van der Waals surface area contributed by atoms with Gasteiger partial charge in [-0.2, -0.15) is 15.1 Å². The van der Waals surface area contributed by atoms with Gasteiger partial charge in [0.1, 0.15) is 17.3 Å². The molecule has 0 radical (unpaired) electrons. The second-order valence-corrected chi connectivity index (χ2v) is 15.7. The van der Waals surface area contributed by atoms with Crippen LogP contribution in [0.1, 0.15) is 44.5 Å². The van der Waals surface area contributed by atoms with Gasteiger partial charge in [0.05, 0.1) is 143 Å². The highest BCUT2D eigenvalue weighted by molar-refractivity contribution is 6.28. The average Bonchev–Trinajstić information content (AvgIpc) is 4.10. The van der Waals surface area contributed by atoms with Crippen molar-refractivity contribution >= 4 is 34.4 Å². The van der Waals surface area contributed by atoms with Gasteiger partial charge < -0.3 is 52.3 Å². The molecule has 2 atom stereocenters. The van der Waals surface area contributed by atoms with Gasteiger partial charge in [0, 0.05) is 44.9 Å². The smallest absolute Gasteiger partial charge is 0.313 e. The van der Waals surface area contributed by atoms with Crippen LogP contribution in [-0.2, 0) is 60.6 Å². The van der Waals surface area contributed by atoms with Crippen molar-refractivity contribution in [2.75, 3.05) is 137 Å². The molecule has 2 fully saturated rings. The number of benzene rings is 1. The molecule has 2 saturated heterocycles. The summed E-state index contributed by atoms with van der Waals surface area (Å²) < 4.78 is 98.8. The van der Waals surface area contributed by atoms with Crippen LogP contribution in [0.4, 0.5) is 19.0 Å². The summed E-state index contributed by atoms with van der Waals surface area (Å²) in [5.74, 6) is -4.76. The number of fused-ring (bicyclic) bond motifs is 1. The van der Waals surface area contributed by atoms with Gasteiger partial charge >= 0.3 is 5.97 Å². The molecule has 0 saturated carbocycles. The Balaban J connectivity index is 0.667. The lowest BCUT2D eigenvalue weighted by molar-refractivity contribution is -0.136. The van der Waals surface area contributed by atoms with Crippen LogP contribution in [0.2, 0.25) is 5.28 Å². The molecule has 1 aromatic carbocycles. The number of nitrogens with zero attached hydrogens (tertiary/aromatic N) is 9. The summed E-state index contributed by atoms with van der Waals surface area (Å²) >= 11 is 6.39. The fourth-order valence-electron chi connectivity index (χ4n) is 7.10. The molecule has 2 unspecified atom stereocenters. The quantitative estimate of drug-likeness (QED) is 0.0288. The van der Waals surface area contributed by atoms with Crippen molar-refractivity contribution in [1.82, 2.24) is 39.6 Å². The molecular weight excluding hydrogens is 911 g/mol. The number of esters is 1. The minimum absolute atomic E-state index is 0.0434. The molecule has 0 amide bonds. The lowest BCUT2D eigenvalue weighted by atomic mass is 10.2. The monoisotopic (exact) mass is 971 g/mol. The summed E-state index contributed by atoms with van der Waals surface area (Å²) in [6, 6.07) is 0.853. The largest absolute Gasteiger partial charge is 0.420 e. The number of aromatic nitrogens is 7. The molecule has 67 heavy (non-hydrogen) atoms. The molecule has 372 valence electrons. The van der Waals surface area contributed by atoms with Crippen LogP contribution < -0.4 is 9.64 Å². The van der Waals surface area contributed by atoms with Crippen LogP contribution in [0.25, 0.3) is 11.0 Å². The van der Waals surface area contributed by atoms with Gasteiger partial charge in [0.2, 0.25) is 11.0 Å². The average molecular weight is 972 g/mol. The minimum atomic E-state index is -1.30. The molecule has 24 heteroatoms. The van der Waals surface area contributed by atoms with Gasteiger partial charge in [0.15, 0.2) is 23.5 Å². The molecule has 2 aliphatic heterocycles. The molecule has 0 N–H and O–H groups in total. The predicted molar refractivity (Wildman–Crippen MR) is 234 cm³/mol. The van der Waals surface area contributed by atoms with E-state index in [0.717, 1.165) is 63.2 Å². The van der Waals surface area contributed by atoms with Crippen LogP contribution in [0.3, 0.4) is 0 Å². The summed E-state index contributed by atoms with van der Waals surface area (Å²) in [7, 11) is 0. The van der Waals surface area contributed by atoms with E-state index < -0.39 is 29.2 Å². The van der Waals surface area contributed by atoms with Crippen molar-refractivity contribution < 1.29 is 65.3 Å². The maximum absolute atomic E-state index is 13.6. The van der Waals surface area contributed by atoms with Crippen LogP contribution in [-0.4, -0.2) is 184 Å². The highest BCUT2D eigenvalue weighted by atomic mass is 35.5. The van der Waals surface area contributed by atoms with Crippen molar-refractivity contribution in [3.05, 3.63) is 53.0 Å². The number of halogens is 4. The van der Waals surface area contributed by atoms with E-state index in [1.165, 1.54) is 0 Å². The number of carbonyl (C=O) groups excluding carboxylic acids is 1. The molecule has 0 aliphatic carbocycles. The molecule has 2 aliphatic rings. The van der Waals surface area contributed by atoms with Crippen LogP contribution >= 0.6 is 11.6 Å². The third-order valence-corrected chi connectivity index (χ3v) is 10.8. The third-order valence-electron chi connectivity index (χ3n) is 10.6. The molecule has 4 aromatic rings. The first-order chi connectivity index (χ1) is 32.8. The summed E-state index contributed by atoms with van der Waals surface area (Å²) in [4.78, 5) is 25.5. The van der Waals surface area contributed by atoms with Crippen LogP contribution in [0.5, 0.6) is 5.75 Å². The Kier molecular flexibility index (Phi) is 22.6. The standard InChI is InChI=1S/C43H61ClF3N9O11/c1-2-34-3-4-38(66-34)56-42-35(29-48-56)41(49-43(44)50-42)54-8-6-53(7-9-54)10-13-59-16-19-62-23-24-64-25-26-65-31-33-30-55(52-51-33)11-14-60-17-20-63-22-21-61-18-15-58-12-5-39(57)67-40-36(46)27-32(45)28-37(40)47/h27-30,34,38H,2-26,31H2,1H3. The van der Waals surface area contributed by atoms with Crippen molar-refractivity contribution in [2.24, 2.45) is 0 Å². The number of hydrogen-bond donors (Lipinski definition) is 0. The molecule has 20 nitrogen and oxygen atoms in total. The minimum Gasteiger partial charge on any atom is -0.420 e. The highest BCUT2D eigenvalue weighted by Gasteiger charge is 2.29. The van der Waals surface area contributed by atoms with E-state index in [-0.39, 0.29) is 43.9 Å². The second kappa shape index (κ2) is 29.0. The summed E-state index contributed by atoms with van der Waals surface area (Å²) in [6.45, 7) is 12.9. The Morgan fingerprint density at radius 2 is 1.33 bits per heavy atom. The SMILES string of the molecule is CCC1CCC(n2ncc3c(N4CCN(CCOCCOCCOCCOCc5cn(CCOCCOCCOCCOCCC(=O)Oc6c(F)cc(F)cc6F)nn5)CC4)nc(Cl)nc32)O1. The number of rotatable bonds is 33. The van der Waals surface area contributed by atoms with Crippen LogP contribution in [0, 0.1) is 17.5 Å². The Labute approximate surface area is 392 Å². The zero-order chi connectivity index (χ0) is 47.1. The molecule has 0 spiro atoms. The van der Waals surface area contributed by atoms with Gasteiger partial charge in [-0.1, -0.05) is 12.1 Å². The Morgan fingerprint density at radius 3 is 1.94 bits per heavy atom. The van der Waals surface area contributed by atoms with Gasteiger partial charge in [0.25, 0.3) is 0 Å². The van der Waals surface area contributed by atoms with Crippen molar-refractivity contribution in [3.63, 3.8) is 0 Å². The molecule has 5 heterocycles. The van der Waals surface area contributed by atoms with E-state index in [0.29, 0.717) is 116 Å². The van der Waals surface area contributed by atoms with Gasteiger partial charge in [-0.05, 0) is 30.9 Å². The summed E-state index contributed by atoms with van der Waals surface area (Å²) in [5, 5.41) is 13.9. The van der Waals surface area contributed by atoms with Gasteiger partial charge in [-0.15, -0.1) is 5.10 Å². The Bertz CT molecular complexity index is 2040. The predicted octanol–water partition coefficient (Wildman–Crippen LogP) is 4.03. The molecule has 3 aromatic heterocycles. The maximum atomic E-state index is 13.6.